The predicted octanol–water partition coefficient (Wildman–Crippen LogP) is 0.0587. The lowest BCUT2D eigenvalue weighted by molar-refractivity contribution is -0.136. The van der Waals surface area contributed by atoms with E-state index in [-0.39, 0.29) is 13.0 Å². The van der Waals surface area contributed by atoms with Crippen LogP contribution in [-0.4, -0.2) is 34.8 Å². The molecule has 0 unspecified atom stereocenters. The summed E-state index contributed by atoms with van der Waals surface area (Å²) in [5.74, 6) is -0.642. The molecule has 1 aromatic heterocycles. The standard InChI is InChI=1S/C11H11N3O4/c1-18-9-3-2-7(5-12-9)6-14-10(16)4-8(15)13-11(14)17/h2-3,5H,4,6H2,1H3,(H,13,15,17). The minimum absolute atomic E-state index is 0.0783. The molecule has 1 aliphatic heterocycles. The van der Waals surface area contributed by atoms with Crippen molar-refractivity contribution in [3.63, 3.8) is 0 Å². The molecule has 7 heteroatoms. The number of ether oxygens (including phenoxy) is 1. The van der Waals surface area contributed by atoms with E-state index < -0.39 is 17.8 Å². The van der Waals surface area contributed by atoms with Gasteiger partial charge in [-0.15, -0.1) is 0 Å². The molecule has 1 aromatic rings. The minimum Gasteiger partial charge on any atom is -0.481 e. The van der Waals surface area contributed by atoms with Crippen LogP contribution in [0.5, 0.6) is 5.88 Å². The van der Waals surface area contributed by atoms with Crippen LogP contribution in [0.2, 0.25) is 0 Å². The van der Waals surface area contributed by atoms with Gasteiger partial charge in [0.15, 0.2) is 0 Å². The summed E-state index contributed by atoms with van der Waals surface area (Å²) in [6.45, 7) is 0.0783. The molecule has 0 aliphatic carbocycles. The average Bonchev–Trinajstić information content (AvgIpc) is 2.34. The number of hydrogen-bond donors (Lipinski definition) is 1. The van der Waals surface area contributed by atoms with Crippen molar-refractivity contribution in [1.29, 1.82) is 0 Å². The number of aromatic nitrogens is 1. The number of barbiturate groups is 1. The first-order valence-electron chi connectivity index (χ1n) is 5.23. The Labute approximate surface area is 103 Å². The highest BCUT2D eigenvalue weighted by molar-refractivity contribution is 6.13. The van der Waals surface area contributed by atoms with E-state index in [1.165, 1.54) is 13.3 Å². The maximum Gasteiger partial charge on any atom is 0.331 e. The second kappa shape index (κ2) is 4.82. The van der Waals surface area contributed by atoms with Crippen molar-refractivity contribution in [2.45, 2.75) is 13.0 Å². The summed E-state index contributed by atoms with van der Waals surface area (Å²) in [7, 11) is 1.50. The fraction of sp³-hybridized carbons (Fsp3) is 0.273. The Kier molecular flexibility index (Phi) is 3.22. The first-order chi connectivity index (χ1) is 8.60. The maximum absolute atomic E-state index is 11.5. The highest BCUT2D eigenvalue weighted by Gasteiger charge is 2.30. The van der Waals surface area contributed by atoms with Gasteiger partial charge in [0, 0.05) is 12.3 Å². The van der Waals surface area contributed by atoms with Crippen molar-refractivity contribution in [3.05, 3.63) is 23.9 Å². The van der Waals surface area contributed by atoms with E-state index >= 15 is 0 Å². The van der Waals surface area contributed by atoms with Gasteiger partial charge < -0.3 is 4.74 Å². The van der Waals surface area contributed by atoms with Crippen molar-refractivity contribution in [3.8, 4) is 5.88 Å². The topological polar surface area (TPSA) is 88.6 Å². The molecule has 0 atom stereocenters. The molecule has 1 aliphatic rings. The number of carbonyl (C=O) groups is 3. The molecular formula is C11H11N3O4. The molecule has 18 heavy (non-hydrogen) atoms. The Morgan fingerprint density at radius 1 is 1.39 bits per heavy atom. The number of imide groups is 2. The molecule has 2 rings (SSSR count). The monoisotopic (exact) mass is 249 g/mol. The first-order valence-corrected chi connectivity index (χ1v) is 5.23. The SMILES string of the molecule is COc1ccc(CN2C(=O)CC(=O)NC2=O)cn1. The van der Waals surface area contributed by atoms with Crippen LogP contribution in [0.25, 0.3) is 0 Å². The third kappa shape index (κ3) is 2.45. The molecule has 0 bridgehead atoms. The van der Waals surface area contributed by atoms with Crippen LogP contribution in [-0.2, 0) is 16.1 Å². The van der Waals surface area contributed by atoms with E-state index in [0.29, 0.717) is 11.4 Å². The number of amides is 4. The van der Waals surface area contributed by atoms with E-state index in [4.69, 9.17) is 4.74 Å². The smallest absolute Gasteiger partial charge is 0.331 e. The van der Waals surface area contributed by atoms with Gasteiger partial charge in [-0.05, 0) is 5.56 Å². The van der Waals surface area contributed by atoms with E-state index in [9.17, 15) is 14.4 Å². The zero-order chi connectivity index (χ0) is 13.1. The maximum atomic E-state index is 11.5. The Bertz CT molecular complexity index is 478. The second-order valence-corrected chi connectivity index (χ2v) is 3.72. The summed E-state index contributed by atoms with van der Waals surface area (Å²) in [6, 6.07) is 2.63. The molecule has 7 nitrogen and oxygen atoms in total. The van der Waals surface area contributed by atoms with Crippen molar-refractivity contribution in [2.24, 2.45) is 0 Å². The first kappa shape index (κ1) is 12.0. The van der Waals surface area contributed by atoms with Crippen LogP contribution in [0.3, 0.4) is 0 Å². The summed E-state index contributed by atoms with van der Waals surface area (Å²) in [5.41, 5.74) is 0.675. The molecule has 1 fully saturated rings. The van der Waals surface area contributed by atoms with Gasteiger partial charge in [0.2, 0.25) is 17.7 Å². The molecule has 2 heterocycles. The lowest BCUT2D eigenvalue weighted by Gasteiger charge is -2.24. The van der Waals surface area contributed by atoms with Crippen molar-refractivity contribution >= 4 is 17.8 Å². The molecule has 1 N–H and O–H groups in total. The average molecular weight is 249 g/mol. The minimum atomic E-state index is -0.702. The number of hydrogen-bond acceptors (Lipinski definition) is 5. The number of nitrogens with one attached hydrogen (secondary N) is 1. The van der Waals surface area contributed by atoms with Gasteiger partial charge in [-0.1, -0.05) is 6.07 Å². The number of urea groups is 1. The van der Waals surface area contributed by atoms with Gasteiger partial charge in [0.1, 0.15) is 6.42 Å². The van der Waals surface area contributed by atoms with Gasteiger partial charge in [-0.3, -0.25) is 19.8 Å². The number of pyridine rings is 1. The van der Waals surface area contributed by atoms with Gasteiger partial charge in [0.25, 0.3) is 0 Å². The van der Waals surface area contributed by atoms with Crippen molar-refractivity contribution in [2.75, 3.05) is 7.11 Å². The fourth-order valence-corrected chi connectivity index (χ4v) is 1.54. The van der Waals surface area contributed by atoms with Gasteiger partial charge in [-0.25, -0.2) is 9.78 Å². The van der Waals surface area contributed by atoms with E-state index in [1.807, 2.05) is 0 Å². The molecule has 0 radical (unpaired) electrons. The van der Waals surface area contributed by atoms with Crippen LogP contribution in [0.4, 0.5) is 4.79 Å². The number of methoxy groups -OCH3 is 1. The summed E-state index contributed by atoms with van der Waals surface area (Å²) < 4.78 is 4.90. The van der Waals surface area contributed by atoms with E-state index in [1.54, 1.807) is 12.1 Å². The van der Waals surface area contributed by atoms with Crippen molar-refractivity contribution in [1.82, 2.24) is 15.2 Å². The number of carbonyl (C=O) groups excluding carboxylic acids is 3. The molecule has 0 aromatic carbocycles. The third-order valence-corrected chi connectivity index (χ3v) is 2.45. The Balaban J connectivity index is 2.10. The predicted molar refractivity (Wildman–Crippen MR) is 59.5 cm³/mol. The largest absolute Gasteiger partial charge is 0.481 e. The normalized spacial score (nSPS) is 15.6. The lowest BCUT2D eigenvalue weighted by atomic mass is 10.2. The lowest BCUT2D eigenvalue weighted by Crippen LogP contribution is -2.52. The summed E-state index contributed by atoms with van der Waals surface area (Å²) >= 11 is 0. The molecule has 1 saturated heterocycles. The Morgan fingerprint density at radius 2 is 2.17 bits per heavy atom. The van der Waals surface area contributed by atoms with Crippen LogP contribution in [0.15, 0.2) is 18.3 Å². The van der Waals surface area contributed by atoms with Crippen LogP contribution >= 0.6 is 0 Å². The Hall–Kier alpha value is -2.44. The van der Waals surface area contributed by atoms with Gasteiger partial charge in [0.05, 0.1) is 13.7 Å². The molecular weight excluding hydrogens is 238 g/mol. The summed E-state index contributed by atoms with van der Waals surface area (Å²) in [5, 5.41) is 2.08. The quantitative estimate of drug-likeness (QED) is 0.765. The molecule has 0 saturated carbocycles. The van der Waals surface area contributed by atoms with Gasteiger partial charge in [-0.2, -0.15) is 0 Å². The van der Waals surface area contributed by atoms with Crippen LogP contribution < -0.4 is 10.1 Å². The summed E-state index contributed by atoms with van der Waals surface area (Å²) in [6.07, 6.45) is 1.20. The van der Waals surface area contributed by atoms with Gasteiger partial charge >= 0.3 is 6.03 Å². The molecule has 4 amide bonds. The number of nitrogens with zero attached hydrogens (tertiary/aromatic N) is 2. The van der Waals surface area contributed by atoms with E-state index in [0.717, 1.165) is 4.90 Å². The highest BCUT2D eigenvalue weighted by atomic mass is 16.5. The molecule has 0 spiro atoms. The fourth-order valence-electron chi connectivity index (χ4n) is 1.54. The number of rotatable bonds is 3. The van der Waals surface area contributed by atoms with Crippen LogP contribution in [0, 0.1) is 0 Å². The summed E-state index contributed by atoms with van der Waals surface area (Å²) in [4.78, 5) is 38.9. The van der Waals surface area contributed by atoms with Crippen molar-refractivity contribution < 1.29 is 19.1 Å². The Morgan fingerprint density at radius 3 is 2.72 bits per heavy atom. The second-order valence-electron chi connectivity index (χ2n) is 3.72. The molecule has 94 valence electrons. The zero-order valence-corrected chi connectivity index (χ0v) is 9.67. The van der Waals surface area contributed by atoms with E-state index in [2.05, 4.69) is 10.3 Å². The van der Waals surface area contributed by atoms with Crippen LogP contribution in [0.1, 0.15) is 12.0 Å². The third-order valence-electron chi connectivity index (χ3n) is 2.45. The zero-order valence-electron chi connectivity index (χ0n) is 9.67. The highest BCUT2D eigenvalue weighted by Crippen LogP contribution is 2.12.